The molecule has 0 aliphatic rings. The van der Waals surface area contributed by atoms with Crippen LogP contribution < -0.4 is 0 Å². The molecule has 0 aliphatic carbocycles. The normalized spacial score (nSPS) is 11.1. The summed E-state index contributed by atoms with van der Waals surface area (Å²) in [6.45, 7) is 0. The molecule has 12 heavy (non-hydrogen) atoms. The van der Waals surface area contributed by atoms with Crippen molar-refractivity contribution < 1.29 is 13.2 Å². The number of aromatic nitrogens is 1. The third kappa shape index (κ3) is 2.02. The summed E-state index contributed by atoms with van der Waals surface area (Å²) in [5.41, 5.74) is 0.0386. The smallest absolute Gasteiger partial charge is 0.261 e. The first-order chi connectivity index (χ1) is 5.54. The molecule has 0 aliphatic heterocycles. The molecule has 6 heteroatoms. The van der Waals surface area contributed by atoms with E-state index in [4.69, 9.17) is 10.7 Å². The first-order valence-corrected chi connectivity index (χ1v) is 5.21. The van der Waals surface area contributed by atoms with Gasteiger partial charge in [-0.2, -0.15) is 0 Å². The largest absolute Gasteiger partial charge is 0.296 e. The van der Waals surface area contributed by atoms with E-state index >= 15 is 0 Å². The van der Waals surface area contributed by atoms with Crippen LogP contribution in [0.4, 0.5) is 0 Å². The zero-order valence-corrected chi connectivity index (χ0v) is 7.34. The van der Waals surface area contributed by atoms with E-state index in [1.807, 2.05) is 0 Å². The van der Waals surface area contributed by atoms with E-state index in [1.165, 1.54) is 12.3 Å². The zero-order chi connectivity index (χ0) is 9.19. The Labute approximate surface area is 73.6 Å². The number of halogens is 1. The second-order valence-corrected chi connectivity index (χ2v) is 4.54. The SMILES string of the molecule is O=Cc1cc(S(=O)(=O)Cl)ccn1. The van der Waals surface area contributed by atoms with Crippen LogP contribution in [0, 0.1) is 0 Å². The summed E-state index contributed by atoms with van der Waals surface area (Å²) in [6, 6.07) is 2.32. The quantitative estimate of drug-likeness (QED) is 0.530. The van der Waals surface area contributed by atoms with Crippen molar-refractivity contribution in [2.45, 2.75) is 4.90 Å². The van der Waals surface area contributed by atoms with Crippen LogP contribution in [0.1, 0.15) is 10.5 Å². The second-order valence-electron chi connectivity index (χ2n) is 1.97. The fourth-order valence-corrected chi connectivity index (χ4v) is 1.42. The van der Waals surface area contributed by atoms with Gasteiger partial charge < -0.3 is 0 Å². The maximum atomic E-state index is 10.7. The second kappa shape index (κ2) is 3.20. The van der Waals surface area contributed by atoms with Gasteiger partial charge in [0.15, 0.2) is 6.29 Å². The lowest BCUT2D eigenvalue weighted by molar-refractivity contribution is 0.111. The van der Waals surface area contributed by atoms with Gasteiger partial charge in [-0.15, -0.1) is 0 Å². The highest BCUT2D eigenvalue weighted by molar-refractivity contribution is 8.13. The predicted molar refractivity (Wildman–Crippen MR) is 42.7 cm³/mol. The van der Waals surface area contributed by atoms with E-state index in [0.717, 1.165) is 6.07 Å². The molecule has 0 N–H and O–H groups in total. The molecule has 0 atom stereocenters. The third-order valence-electron chi connectivity index (χ3n) is 1.15. The Hall–Kier alpha value is -0.940. The van der Waals surface area contributed by atoms with Crippen molar-refractivity contribution >= 4 is 26.0 Å². The van der Waals surface area contributed by atoms with Gasteiger partial charge in [0.2, 0.25) is 0 Å². The van der Waals surface area contributed by atoms with Crippen LogP contribution in [0.15, 0.2) is 23.2 Å². The fraction of sp³-hybridized carbons (Fsp3) is 0. The van der Waals surface area contributed by atoms with Gasteiger partial charge in [-0.1, -0.05) is 0 Å². The average Bonchev–Trinajstić information content (AvgIpc) is 2.03. The van der Waals surface area contributed by atoms with Crippen molar-refractivity contribution in [3.63, 3.8) is 0 Å². The minimum atomic E-state index is -3.76. The summed E-state index contributed by atoms with van der Waals surface area (Å²) in [6.07, 6.45) is 1.66. The summed E-state index contributed by atoms with van der Waals surface area (Å²) in [5.74, 6) is 0. The molecule has 0 spiro atoms. The minimum Gasteiger partial charge on any atom is -0.296 e. The molecular weight excluding hydrogens is 202 g/mol. The Morgan fingerprint density at radius 2 is 2.17 bits per heavy atom. The van der Waals surface area contributed by atoms with Crippen LogP contribution in [-0.2, 0) is 9.05 Å². The predicted octanol–water partition coefficient (Wildman–Crippen LogP) is 0.822. The van der Waals surface area contributed by atoms with Crippen molar-refractivity contribution in [2.75, 3.05) is 0 Å². The van der Waals surface area contributed by atoms with Crippen LogP contribution >= 0.6 is 10.7 Å². The number of rotatable bonds is 2. The van der Waals surface area contributed by atoms with Crippen molar-refractivity contribution in [1.82, 2.24) is 4.98 Å². The van der Waals surface area contributed by atoms with Gasteiger partial charge in [-0.3, -0.25) is 9.78 Å². The lowest BCUT2D eigenvalue weighted by Gasteiger charge is -1.94. The van der Waals surface area contributed by atoms with Crippen molar-refractivity contribution in [3.05, 3.63) is 24.0 Å². The average molecular weight is 206 g/mol. The number of hydrogen-bond donors (Lipinski definition) is 0. The van der Waals surface area contributed by atoms with E-state index in [-0.39, 0.29) is 10.6 Å². The van der Waals surface area contributed by atoms with E-state index in [1.54, 1.807) is 0 Å². The van der Waals surface area contributed by atoms with Crippen LogP contribution in [0.2, 0.25) is 0 Å². The molecule has 4 nitrogen and oxygen atoms in total. The van der Waals surface area contributed by atoms with Gasteiger partial charge in [0.25, 0.3) is 9.05 Å². The highest BCUT2D eigenvalue weighted by Gasteiger charge is 2.09. The Bertz CT molecular complexity index is 401. The van der Waals surface area contributed by atoms with Gasteiger partial charge >= 0.3 is 0 Å². The van der Waals surface area contributed by atoms with Gasteiger partial charge in [0.1, 0.15) is 5.69 Å². The lowest BCUT2D eigenvalue weighted by atomic mass is 10.4. The molecule has 1 heterocycles. The molecule has 0 fully saturated rings. The molecule has 0 aromatic carbocycles. The van der Waals surface area contributed by atoms with Gasteiger partial charge in [0.05, 0.1) is 4.90 Å². The van der Waals surface area contributed by atoms with Crippen molar-refractivity contribution in [1.29, 1.82) is 0 Å². The number of pyridine rings is 1. The molecule has 0 amide bonds. The van der Waals surface area contributed by atoms with Crippen LogP contribution in [0.25, 0.3) is 0 Å². The summed E-state index contributed by atoms with van der Waals surface area (Å²) < 4.78 is 21.4. The molecular formula is C6H4ClNO3S. The van der Waals surface area contributed by atoms with E-state index in [9.17, 15) is 13.2 Å². The van der Waals surface area contributed by atoms with Gasteiger partial charge in [-0.25, -0.2) is 8.42 Å². The monoisotopic (exact) mass is 205 g/mol. The fourth-order valence-electron chi connectivity index (χ4n) is 0.644. The molecule has 64 valence electrons. The molecule has 0 bridgehead atoms. The number of aldehydes is 1. The lowest BCUT2D eigenvalue weighted by Crippen LogP contribution is -1.94. The molecule has 1 aromatic heterocycles. The van der Waals surface area contributed by atoms with Crippen LogP contribution in [0.5, 0.6) is 0 Å². The van der Waals surface area contributed by atoms with E-state index in [2.05, 4.69) is 4.98 Å². The van der Waals surface area contributed by atoms with E-state index in [0.29, 0.717) is 6.29 Å². The highest BCUT2D eigenvalue weighted by atomic mass is 35.7. The summed E-state index contributed by atoms with van der Waals surface area (Å²) in [7, 11) is 1.25. The number of nitrogens with zero attached hydrogens (tertiary/aromatic N) is 1. The maximum Gasteiger partial charge on any atom is 0.261 e. The van der Waals surface area contributed by atoms with Gasteiger partial charge in [0, 0.05) is 16.9 Å². The van der Waals surface area contributed by atoms with Crippen LogP contribution in [-0.4, -0.2) is 19.7 Å². The first kappa shape index (κ1) is 9.15. The topological polar surface area (TPSA) is 64.1 Å². The number of carbonyl (C=O) groups excluding carboxylic acids is 1. The highest BCUT2D eigenvalue weighted by Crippen LogP contribution is 2.13. The molecule has 0 saturated carbocycles. The number of hydrogen-bond acceptors (Lipinski definition) is 4. The molecule has 1 rings (SSSR count). The molecule has 1 aromatic rings. The summed E-state index contributed by atoms with van der Waals surface area (Å²) in [4.78, 5) is 13.6. The van der Waals surface area contributed by atoms with Crippen molar-refractivity contribution in [3.8, 4) is 0 Å². The third-order valence-corrected chi connectivity index (χ3v) is 2.51. The molecule has 0 unspecified atom stereocenters. The molecule has 0 radical (unpaired) electrons. The van der Waals surface area contributed by atoms with Gasteiger partial charge in [-0.05, 0) is 12.1 Å². The minimum absolute atomic E-state index is 0.0386. The summed E-state index contributed by atoms with van der Waals surface area (Å²) >= 11 is 0. The summed E-state index contributed by atoms with van der Waals surface area (Å²) in [5, 5.41) is 0. The van der Waals surface area contributed by atoms with Crippen LogP contribution in [0.3, 0.4) is 0 Å². The standard InChI is InChI=1S/C6H4ClNO3S/c7-12(10,11)6-1-2-8-5(3-6)4-9/h1-4H. The van der Waals surface area contributed by atoms with E-state index < -0.39 is 9.05 Å². The Balaban J connectivity index is 3.29. The Morgan fingerprint density at radius 1 is 1.50 bits per heavy atom. The number of carbonyl (C=O) groups is 1. The van der Waals surface area contributed by atoms with Crippen molar-refractivity contribution in [2.24, 2.45) is 0 Å². The molecule has 0 saturated heterocycles. The Morgan fingerprint density at radius 3 is 2.67 bits per heavy atom. The maximum absolute atomic E-state index is 10.7. The Kier molecular flexibility index (Phi) is 2.44. The zero-order valence-electron chi connectivity index (χ0n) is 5.77. The first-order valence-electron chi connectivity index (χ1n) is 2.90.